The van der Waals surface area contributed by atoms with E-state index in [0.29, 0.717) is 12.3 Å². The van der Waals surface area contributed by atoms with Crippen LogP contribution in [-0.2, 0) is 9.53 Å². The Labute approximate surface area is 141 Å². The standard InChI is InChI=1S/C18H22N2O4/c1-11(2)9-15(18(22)24-4)19-16(21)14-10-12-7-5-6-8-13(12)17(20-14)23-3/h5-8,10-11,15H,9H2,1-4H3,(H,19,21). The number of hydrogen-bond acceptors (Lipinski definition) is 5. The fourth-order valence-corrected chi connectivity index (χ4v) is 2.50. The highest BCUT2D eigenvalue weighted by atomic mass is 16.5. The molecule has 1 atom stereocenters. The maximum atomic E-state index is 12.5. The van der Waals surface area contributed by atoms with E-state index in [0.717, 1.165) is 10.8 Å². The van der Waals surface area contributed by atoms with Gasteiger partial charge < -0.3 is 14.8 Å². The van der Waals surface area contributed by atoms with Crippen molar-refractivity contribution in [3.8, 4) is 5.88 Å². The van der Waals surface area contributed by atoms with Gasteiger partial charge in [0, 0.05) is 5.39 Å². The molecule has 0 aliphatic heterocycles. The molecule has 24 heavy (non-hydrogen) atoms. The predicted octanol–water partition coefficient (Wildman–Crippen LogP) is 2.56. The summed E-state index contributed by atoms with van der Waals surface area (Å²) in [5.41, 5.74) is 0.197. The first kappa shape index (κ1) is 17.7. The van der Waals surface area contributed by atoms with E-state index >= 15 is 0 Å². The molecule has 0 radical (unpaired) electrons. The Morgan fingerprint density at radius 2 is 1.92 bits per heavy atom. The van der Waals surface area contributed by atoms with Gasteiger partial charge in [-0.25, -0.2) is 9.78 Å². The van der Waals surface area contributed by atoms with Crippen LogP contribution in [0, 0.1) is 5.92 Å². The molecule has 0 bridgehead atoms. The number of pyridine rings is 1. The Balaban J connectivity index is 2.31. The Bertz CT molecular complexity index is 743. The second kappa shape index (κ2) is 7.77. The number of aromatic nitrogens is 1. The lowest BCUT2D eigenvalue weighted by atomic mass is 10.0. The van der Waals surface area contributed by atoms with Crippen molar-refractivity contribution in [3.63, 3.8) is 0 Å². The fourth-order valence-electron chi connectivity index (χ4n) is 2.50. The van der Waals surface area contributed by atoms with Crippen LogP contribution in [0.15, 0.2) is 30.3 Å². The van der Waals surface area contributed by atoms with E-state index in [2.05, 4.69) is 10.3 Å². The van der Waals surface area contributed by atoms with E-state index < -0.39 is 17.9 Å². The normalized spacial score (nSPS) is 12.0. The molecule has 0 saturated heterocycles. The van der Waals surface area contributed by atoms with Gasteiger partial charge in [-0.3, -0.25) is 4.79 Å². The van der Waals surface area contributed by atoms with E-state index in [1.54, 1.807) is 6.07 Å². The summed E-state index contributed by atoms with van der Waals surface area (Å²) in [6.07, 6.45) is 0.489. The molecule has 6 nitrogen and oxygen atoms in total. The van der Waals surface area contributed by atoms with Gasteiger partial charge in [0.05, 0.1) is 14.2 Å². The predicted molar refractivity (Wildman–Crippen MR) is 91.0 cm³/mol. The molecule has 0 aliphatic rings. The minimum Gasteiger partial charge on any atom is -0.481 e. The molecular weight excluding hydrogens is 308 g/mol. The second-order valence-corrected chi connectivity index (χ2v) is 5.92. The average molecular weight is 330 g/mol. The molecule has 2 rings (SSSR count). The van der Waals surface area contributed by atoms with Crippen LogP contribution >= 0.6 is 0 Å². The molecule has 128 valence electrons. The van der Waals surface area contributed by atoms with Crippen molar-refractivity contribution < 1.29 is 19.1 Å². The minimum absolute atomic E-state index is 0.197. The number of rotatable bonds is 6. The largest absolute Gasteiger partial charge is 0.481 e. The summed E-state index contributed by atoms with van der Waals surface area (Å²) in [7, 11) is 2.81. The summed E-state index contributed by atoms with van der Waals surface area (Å²) < 4.78 is 10.0. The topological polar surface area (TPSA) is 77.5 Å². The van der Waals surface area contributed by atoms with Gasteiger partial charge in [0.25, 0.3) is 5.91 Å². The number of esters is 1. The highest BCUT2D eigenvalue weighted by molar-refractivity contribution is 5.99. The maximum Gasteiger partial charge on any atom is 0.328 e. The van der Waals surface area contributed by atoms with E-state index in [1.165, 1.54) is 14.2 Å². The number of carbonyl (C=O) groups excluding carboxylic acids is 2. The fraction of sp³-hybridized carbons (Fsp3) is 0.389. The Hall–Kier alpha value is -2.63. The number of methoxy groups -OCH3 is 2. The molecule has 1 unspecified atom stereocenters. The molecule has 1 heterocycles. The van der Waals surface area contributed by atoms with Gasteiger partial charge in [-0.1, -0.05) is 32.0 Å². The van der Waals surface area contributed by atoms with Gasteiger partial charge in [-0.05, 0) is 29.9 Å². The Morgan fingerprint density at radius 1 is 1.21 bits per heavy atom. The SMILES string of the molecule is COC(=O)C(CC(C)C)NC(=O)c1cc2ccccc2c(OC)n1. The van der Waals surface area contributed by atoms with Gasteiger partial charge in [-0.15, -0.1) is 0 Å². The van der Waals surface area contributed by atoms with Gasteiger partial charge in [-0.2, -0.15) is 0 Å². The van der Waals surface area contributed by atoms with Crippen molar-refractivity contribution >= 4 is 22.6 Å². The van der Waals surface area contributed by atoms with Crippen LogP contribution in [0.3, 0.4) is 0 Å². The molecule has 1 aromatic carbocycles. The van der Waals surface area contributed by atoms with Crippen LogP contribution < -0.4 is 10.1 Å². The number of ether oxygens (including phenoxy) is 2. The molecule has 0 spiro atoms. The highest BCUT2D eigenvalue weighted by Gasteiger charge is 2.24. The zero-order valence-electron chi connectivity index (χ0n) is 14.3. The van der Waals surface area contributed by atoms with Gasteiger partial charge in [0.1, 0.15) is 11.7 Å². The maximum absolute atomic E-state index is 12.5. The van der Waals surface area contributed by atoms with E-state index in [4.69, 9.17) is 9.47 Å². The van der Waals surface area contributed by atoms with Crippen LogP contribution in [0.25, 0.3) is 10.8 Å². The molecular formula is C18H22N2O4. The zero-order valence-corrected chi connectivity index (χ0v) is 14.3. The number of amides is 1. The van der Waals surface area contributed by atoms with E-state index in [1.807, 2.05) is 38.1 Å². The molecule has 1 aromatic heterocycles. The van der Waals surface area contributed by atoms with Crippen LogP contribution in [0.2, 0.25) is 0 Å². The molecule has 0 fully saturated rings. The van der Waals surface area contributed by atoms with Gasteiger partial charge in [0.15, 0.2) is 0 Å². The van der Waals surface area contributed by atoms with Gasteiger partial charge in [0.2, 0.25) is 5.88 Å². The summed E-state index contributed by atoms with van der Waals surface area (Å²) >= 11 is 0. The first-order valence-electron chi connectivity index (χ1n) is 7.78. The van der Waals surface area contributed by atoms with Gasteiger partial charge >= 0.3 is 5.97 Å². The lowest BCUT2D eigenvalue weighted by molar-refractivity contribution is -0.143. The monoisotopic (exact) mass is 330 g/mol. The lowest BCUT2D eigenvalue weighted by Gasteiger charge is -2.18. The van der Waals surface area contributed by atoms with Crippen molar-refractivity contribution in [3.05, 3.63) is 36.0 Å². The van der Waals surface area contributed by atoms with Crippen LogP contribution in [-0.4, -0.2) is 37.1 Å². The number of nitrogens with zero attached hydrogens (tertiary/aromatic N) is 1. The first-order valence-corrected chi connectivity index (χ1v) is 7.78. The van der Waals surface area contributed by atoms with Crippen molar-refractivity contribution in [2.24, 2.45) is 5.92 Å². The Morgan fingerprint density at radius 3 is 2.54 bits per heavy atom. The molecule has 0 saturated carbocycles. The van der Waals surface area contributed by atoms with Crippen LogP contribution in [0.4, 0.5) is 0 Å². The minimum atomic E-state index is -0.707. The van der Waals surface area contributed by atoms with Crippen molar-refractivity contribution in [1.29, 1.82) is 0 Å². The zero-order chi connectivity index (χ0) is 17.7. The third kappa shape index (κ3) is 4.01. The van der Waals surface area contributed by atoms with E-state index in [-0.39, 0.29) is 11.6 Å². The number of nitrogens with one attached hydrogen (secondary N) is 1. The molecule has 2 aromatic rings. The quantitative estimate of drug-likeness (QED) is 0.824. The number of hydrogen-bond donors (Lipinski definition) is 1. The molecule has 0 aliphatic carbocycles. The summed E-state index contributed by atoms with van der Waals surface area (Å²) in [5.74, 6) is -0.301. The van der Waals surface area contributed by atoms with E-state index in [9.17, 15) is 9.59 Å². The highest BCUT2D eigenvalue weighted by Crippen LogP contribution is 2.24. The molecule has 6 heteroatoms. The second-order valence-electron chi connectivity index (χ2n) is 5.92. The smallest absolute Gasteiger partial charge is 0.328 e. The third-order valence-electron chi connectivity index (χ3n) is 3.63. The van der Waals surface area contributed by atoms with Crippen molar-refractivity contribution in [1.82, 2.24) is 10.3 Å². The first-order chi connectivity index (χ1) is 11.5. The Kier molecular flexibility index (Phi) is 5.73. The average Bonchev–Trinajstić information content (AvgIpc) is 2.58. The van der Waals surface area contributed by atoms with Crippen molar-refractivity contribution in [2.75, 3.05) is 14.2 Å². The summed E-state index contributed by atoms with van der Waals surface area (Å²) in [4.78, 5) is 28.6. The number of benzene rings is 1. The van der Waals surface area contributed by atoms with Crippen LogP contribution in [0.5, 0.6) is 5.88 Å². The lowest BCUT2D eigenvalue weighted by Crippen LogP contribution is -2.42. The van der Waals surface area contributed by atoms with Crippen LogP contribution in [0.1, 0.15) is 30.8 Å². The summed E-state index contributed by atoms with van der Waals surface area (Å²) in [6.45, 7) is 3.94. The molecule has 1 amide bonds. The third-order valence-corrected chi connectivity index (χ3v) is 3.63. The van der Waals surface area contributed by atoms with Crippen molar-refractivity contribution in [2.45, 2.75) is 26.3 Å². The molecule has 1 N–H and O–H groups in total. The summed E-state index contributed by atoms with van der Waals surface area (Å²) in [6, 6.07) is 8.47. The summed E-state index contributed by atoms with van der Waals surface area (Å²) in [5, 5.41) is 4.36. The number of carbonyl (C=O) groups is 2. The number of fused-ring (bicyclic) bond motifs is 1.